The largest absolute Gasteiger partial charge is 0.288 e. The van der Waals surface area contributed by atoms with Gasteiger partial charge in [-0.1, -0.05) is 11.6 Å². The molecule has 22 heavy (non-hydrogen) atoms. The van der Waals surface area contributed by atoms with E-state index in [4.69, 9.17) is 11.6 Å². The number of fused-ring (bicyclic) bond motifs is 1. The highest BCUT2D eigenvalue weighted by Gasteiger charge is 2.29. The highest BCUT2D eigenvalue weighted by molar-refractivity contribution is 7.91. The van der Waals surface area contributed by atoms with Crippen molar-refractivity contribution in [2.24, 2.45) is 11.0 Å². The smallest absolute Gasteiger partial charge is 0.240 e. The number of hydrogen-bond acceptors (Lipinski definition) is 6. The van der Waals surface area contributed by atoms with Gasteiger partial charge in [-0.2, -0.15) is 5.10 Å². The first kappa shape index (κ1) is 15.4. The first-order chi connectivity index (χ1) is 10.4. The Labute approximate surface area is 135 Å². The van der Waals surface area contributed by atoms with Crippen LogP contribution >= 0.6 is 22.9 Å². The summed E-state index contributed by atoms with van der Waals surface area (Å²) in [6.45, 7) is 0. The van der Waals surface area contributed by atoms with E-state index >= 15 is 0 Å². The monoisotopic (exact) mass is 360 g/mol. The molecule has 1 saturated heterocycles. The van der Waals surface area contributed by atoms with Gasteiger partial charge in [-0.05, 0) is 12.3 Å². The van der Waals surface area contributed by atoms with Crippen LogP contribution in [0.2, 0.25) is 5.15 Å². The van der Waals surface area contributed by atoms with Crippen LogP contribution in [0.4, 0.5) is 0 Å². The summed E-state index contributed by atoms with van der Waals surface area (Å²) in [5, 5.41) is 6.05. The fourth-order valence-corrected chi connectivity index (χ4v) is 5.25. The molecule has 2 aromatic rings. The van der Waals surface area contributed by atoms with Crippen LogP contribution in [0.5, 0.6) is 0 Å². The van der Waals surface area contributed by atoms with Crippen LogP contribution in [0.25, 0.3) is 4.96 Å². The number of amides is 1. The van der Waals surface area contributed by atoms with Crippen molar-refractivity contribution in [1.29, 1.82) is 0 Å². The van der Waals surface area contributed by atoms with Crippen LogP contribution in [-0.4, -0.2) is 41.4 Å². The molecule has 1 N–H and O–H groups in total. The minimum absolute atomic E-state index is 0.0775. The summed E-state index contributed by atoms with van der Waals surface area (Å²) < 4.78 is 24.5. The van der Waals surface area contributed by atoms with Gasteiger partial charge in [0.1, 0.15) is 5.69 Å². The van der Waals surface area contributed by atoms with Crippen molar-refractivity contribution in [3.05, 3.63) is 22.4 Å². The van der Waals surface area contributed by atoms with Crippen LogP contribution < -0.4 is 5.43 Å². The lowest BCUT2D eigenvalue weighted by Gasteiger charge is -2.05. The molecule has 118 valence electrons. The Morgan fingerprint density at radius 1 is 1.64 bits per heavy atom. The molecular weight excluding hydrogens is 348 g/mol. The zero-order valence-corrected chi connectivity index (χ0v) is 13.8. The van der Waals surface area contributed by atoms with E-state index in [1.54, 1.807) is 4.40 Å². The van der Waals surface area contributed by atoms with E-state index in [9.17, 15) is 13.2 Å². The molecule has 0 aromatic carbocycles. The van der Waals surface area contributed by atoms with Crippen LogP contribution in [0, 0.1) is 5.92 Å². The van der Waals surface area contributed by atoms with Gasteiger partial charge in [-0.25, -0.2) is 18.8 Å². The normalized spacial score (nSPS) is 20.9. The van der Waals surface area contributed by atoms with Crippen LogP contribution in [0.15, 0.2) is 16.7 Å². The van der Waals surface area contributed by atoms with Crippen LogP contribution in [0.1, 0.15) is 18.5 Å². The van der Waals surface area contributed by atoms with E-state index in [0.29, 0.717) is 17.3 Å². The molecule has 0 saturated carbocycles. The van der Waals surface area contributed by atoms with Gasteiger partial charge in [0, 0.05) is 18.0 Å². The number of aromatic nitrogens is 2. The summed E-state index contributed by atoms with van der Waals surface area (Å²) in [7, 11) is -2.97. The number of hydrogen-bond donors (Lipinski definition) is 1. The number of hydrazone groups is 1. The minimum Gasteiger partial charge on any atom is -0.288 e. The third kappa shape index (κ3) is 3.31. The number of halogens is 1. The molecule has 0 unspecified atom stereocenters. The van der Waals surface area contributed by atoms with E-state index in [-0.39, 0.29) is 29.8 Å². The maximum absolute atomic E-state index is 11.8. The van der Waals surface area contributed by atoms with Crippen LogP contribution in [-0.2, 0) is 14.6 Å². The fourth-order valence-electron chi connectivity index (χ4n) is 2.40. The molecule has 1 amide bonds. The maximum Gasteiger partial charge on any atom is 0.240 e. The van der Waals surface area contributed by atoms with Crippen molar-refractivity contribution < 1.29 is 13.2 Å². The summed E-state index contributed by atoms with van der Waals surface area (Å²) in [4.78, 5) is 16.7. The highest BCUT2D eigenvalue weighted by atomic mass is 35.5. The molecule has 0 aliphatic carbocycles. The van der Waals surface area contributed by atoms with Gasteiger partial charge in [-0.15, -0.1) is 11.3 Å². The van der Waals surface area contributed by atoms with Crippen molar-refractivity contribution in [2.45, 2.75) is 12.8 Å². The third-order valence-corrected chi connectivity index (χ3v) is 6.30. The van der Waals surface area contributed by atoms with E-state index in [2.05, 4.69) is 15.5 Å². The molecule has 0 spiro atoms. The second-order valence-corrected chi connectivity index (χ2v) is 8.57. The fraction of sp³-hybridized carbons (Fsp3) is 0.417. The molecule has 1 aliphatic heterocycles. The van der Waals surface area contributed by atoms with Gasteiger partial charge >= 0.3 is 0 Å². The number of nitrogens with one attached hydrogen (secondary N) is 1. The van der Waals surface area contributed by atoms with Gasteiger partial charge in [0.05, 0.1) is 17.7 Å². The molecule has 2 aromatic heterocycles. The second kappa shape index (κ2) is 5.98. The Morgan fingerprint density at radius 2 is 2.45 bits per heavy atom. The summed E-state index contributed by atoms with van der Waals surface area (Å²) in [5.74, 6) is -0.188. The second-order valence-electron chi connectivity index (χ2n) is 5.11. The Kier molecular flexibility index (Phi) is 4.20. The zero-order chi connectivity index (χ0) is 15.7. The molecule has 7 nitrogen and oxygen atoms in total. The molecule has 0 radical (unpaired) electrons. The quantitative estimate of drug-likeness (QED) is 0.657. The summed E-state index contributed by atoms with van der Waals surface area (Å²) in [5.41, 5.74) is 2.98. The average Bonchev–Trinajstić information content (AvgIpc) is 3.07. The third-order valence-electron chi connectivity index (χ3n) is 3.43. The summed E-state index contributed by atoms with van der Waals surface area (Å²) in [6, 6.07) is 0. The topological polar surface area (TPSA) is 92.9 Å². The Hall–Kier alpha value is -1.45. The van der Waals surface area contributed by atoms with Crippen molar-refractivity contribution in [1.82, 2.24) is 14.8 Å². The lowest BCUT2D eigenvalue weighted by molar-refractivity contribution is -0.121. The predicted octanol–water partition coefficient (Wildman–Crippen LogP) is 1.32. The molecule has 0 bridgehead atoms. The SMILES string of the molecule is O=C(C[C@@H]1CCS(=O)(=O)C1)N/N=C\c1c(Cl)nc2sccn12. The Bertz CT molecular complexity index is 840. The molecule has 1 atom stereocenters. The van der Waals surface area contributed by atoms with E-state index in [0.717, 1.165) is 4.96 Å². The first-order valence-electron chi connectivity index (χ1n) is 6.58. The Balaban J connectivity index is 1.59. The van der Waals surface area contributed by atoms with Gasteiger partial charge in [0.2, 0.25) is 5.91 Å². The minimum atomic E-state index is -2.97. The number of imidazole rings is 1. The molecule has 10 heteroatoms. The van der Waals surface area contributed by atoms with Gasteiger partial charge in [-0.3, -0.25) is 9.20 Å². The number of carbonyl (C=O) groups excluding carboxylic acids is 1. The molecule has 3 heterocycles. The summed E-state index contributed by atoms with van der Waals surface area (Å²) >= 11 is 7.44. The maximum atomic E-state index is 11.8. The number of nitrogens with zero attached hydrogens (tertiary/aromatic N) is 3. The lowest BCUT2D eigenvalue weighted by atomic mass is 10.1. The number of thiazole rings is 1. The van der Waals surface area contributed by atoms with Crippen molar-refractivity contribution >= 4 is 49.9 Å². The molecular formula is C12H13ClN4O3S2. The van der Waals surface area contributed by atoms with Crippen LogP contribution in [0.3, 0.4) is 0 Å². The van der Waals surface area contributed by atoms with E-state index in [1.807, 2.05) is 11.6 Å². The standard InChI is InChI=1S/C12H13ClN4O3S2/c13-11-9(17-2-3-21-12(17)15-11)6-14-16-10(18)5-8-1-4-22(19,20)7-8/h2-3,6,8H,1,4-5,7H2,(H,16,18)/b14-6-/t8-/m0/s1. The predicted molar refractivity (Wildman–Crippen MR) is 85.2 cm³/mol. The van der Waals surface area contributed by atoms with Crippen molar-refractivity contribution in [2.75, 3.05) is 11.5 Å². The van der Waals surface area contributed by atoms with Gasteiger partial charge < -0.3 is 0 Å². The molecule has 1 aliphatic rings. The zero-order valence-electron chi connectivity index (χ0n) is 11.4. The first-order valence-corrected chi connectivity index (χ1v) is 9.66. The number of sulfone groups is 1. The van der Waals surface area contributed by atoms with E-state index in [1.165, 1.54) is 17.6 Å². The average molecular weight is 361 g/mol. The number of rotatable bonds is 4. The van der Waals surface area contributed by atoms with Crippen molar-refractivity contribution in [3.63, 3.8) is 0 Å². The molecule has 3 rings (SSSR count). The van der Waals surface area contributed by atoms with E-state index < -0.39 is 9.84 Å². The molecule has 1 fully saturated rings. The Morgan fingerprint density at radius 3 is 3.18 bits per heavy atom. The van der Waals surface area contributed by atoms with Gasteiger partial charge in [0.15, 0.2) is 20.0 Å². The lowest BCUT2D eigenvalue weighted by Crippen LogP contribution is -2.21. The van der Waals surface area contributed by atoms with Crippen molar-refractivity contribution in [3.8, 4) is 0 Å². The van der Waals surface area contributed by atoms with Gasteiger partial charge in [0.25, 0.3) is 0 Å². The summed E-state index contributed by atoms with van der Waals surface area (Å²) in [6.07, 6.45) is 3.93. The number of carbonyl (C=O) groups is 1. The highest BCUT2D eigenvalue weighted by Crippen LogP contribution is 2.21.